The van der Waals surface area contributed by atoms with E-state index < -0.39 is 0 Å². The van der Waals surface area contributed by atoms with Crippen LogP contribution in [0.15, 0.2) is 44.3 Å². The van der Waals surface area contributed by atoms with Crippen LogP contribution in [0.3, 0.4) is 0 Å². The summed E-state index contributed by atoms with van der Waals surface area (Å²) < 4.78 is 2.32. The summed E-state index contributed by atoms with van der Waals surface area (Å²) in [5, 5.41) is 9.83. The zero-order valence-corrected chi connectivity index (χ0v) is 14.1. The van der Waals surface area contributed by atoms with Crippen molar-refractivity contribution >= 4 is 43.9 Å². The summed E-state index contributed by atoms with van der Waals surface area (Å²) in [4.78, 5) is 24.6. The third-order valence-electron chi connectivity index (χ3n) is 3.26. The van der Waals surface area contributed by atoms with Gasteiger partial charge < -0.3 is 5.32 Å². The number of thiophene rings is 1. The van der Waals surface area contributed by atoms with E-state index in [0.717, 1.165) is 9.35 Å². The Hall–Kier alpha value is -1.99. The Morgan fingerprint density at radius 2 is 2.09 bits per heavy atom. The number of carbonyl (C=O) groups is 1. The first-order valence-electron chi connectivity index (χ1n) is 6.55. The molecule has 0 aliphatic heterocycles. The number of fused-ring (bicyclic) bond motifs is 1. The second-order valence-corrected chi connectivity index (χ2v) is 6.99. The van der Waals surface area contributed by atoms with E-state index in [0.29, 0.717) is 17.3 Å². The van der Waals surface area contributed by atoms with E-state index in [-0.39, 0.29) is 17.2 Å². The molecule has 5 nitrogen and oxygen atoms in total. The Morgan fingerprint density at radius 3 is 2.73 bits per heavy atom. The maximum absolute atomic E-state index is 12.6. The monoisotopic (exact) mass is 377 g/mol. The van der Waals surface area contributed by atoms with Crippen molar-refractivity contribution in [3.05, 3.63) is 61.1 Å². The predicted octanol–water partition coefficient (Wildman–Crippen LogP) is 2.63. The maximum Gasteiger partial charge on any atom is 0.274 e. The van der Waals surface area contributed by atoms with Crippen molar-refractivity contribution in [1.29, 1.82) is 0 Å². The topological polar surface area (TPSA) is 64.0 Å². The SMILES string of the molecule is CNC(=O)c1nn(Cc2csc(Br)c2)c(=O)c2ccccc12. The lowest BCUT2D eigenvalue weighted by Gasteiger charge is -2.09. The van der Waals surface area contributed by atoms with E-state index in [2.05, 4.69) is 26.3 Å². The molecule has 1 N–H and O–H groups in total. The van der Waals surface area contributed by atoms with Crippen LogP contribution in [0.1, 0.15) is 16.1 Å². The van der Waals surface area contributed by atoms with Gasteiger partial charge in [0.25, 0.3) is 11.5 Å². The molecule has 3 aromatic rings. The Bertz CT molecular complexity index is 917. The number of nitrogens with zero attached hydrogens (tertiary/aromatic N) is 2. The lowest BCUT2D eigenvalue weighted by molar-refractivity contribution is 0.0957. The molecule has 3 rings (SSSR count). The minimum Gasteiger partial charge on any atom is -0.354 e. The fraction of sp³-hybridized carbons (Fsp3) is 0.133. The molecule has 0 spiro atoms. The normalized spacial score (nSPS) is 10.8. The third kappa shape index (κ3) is 2.69. The number of halogens is 1. The molecule has 112 valence electrons. The highest BCUT2D eigenvalue weighted by atomic mass is 79.9. The van der Waals surface area contributed by atoms with Gasteiger partial charge in [0.05, 0.1) is 15.7 Å². The lowest BCUT2D eigenvalue weighted by Crippen LogP contribution is -2.29. The van der Waals surface area contributed by atoms with Gasteiger partial charge in [0, 0.05) is 12.4 Å². The van der Waals surface area contributed by atoms with Crippen LogP contribution in [0.2, 0.25) is 0 Å². The van der Waals surface area contributed by atoms with Gasteiger partial charge in [0.15, 0.2) is 5.69 Å². The predicted molar refractivity (Wildman–Crippen MR) is 90.5 cm³/mol. The summed E-state index contributed by atoms with van der Waals surface area (Å²) in [6.45, 7) is 0.329. The molecule has 2 aromatic heterocycles. The molecule has 0 atom stereocenters. The molecule has 1 amide bonds. The number of nitrogens with one attached hydrogen (secondary N) is 1. The first-order chi connectivity index (χ1) is 10.6. The zero-order valence-electron chi connectivity index (χ0n) is 11.7. The summed E-state index contributed by atoms with van der Waals surface area (Å²) in [6.07, 6.45) is 0. The summed E-state index contributed by atoms with van der Waals surface area (Å²) in [6, 6.07) is 8.96. The van der Waals surface area contributed by atoms with Crippen molar-refractivity contribution in [3.63, 3.8) is 0 Å². The van der Waals surface area contributed by atoms with Crippen LogP contribution in [-0.2, 0) is 6.54 Å². The number of hydrogen-bond acceptors (Lipinski definition) is 4. The molecule has 22 heavy (non-hydrogen) atoms. The van der Waals surface area contributed by atoms with Crippen LogP contribution in [0.25, 0.3) is 10.8 Å². The van der Waals surface area contributed by atoms with Gasteiger partial charge >= 0.3 is 0 Å². The van der Waals surface area contributed by atoms with Crippen LogP contribution in [0.4, 0.5) is 0 Å². The summed E-state index contributed by atoms with van der Waals surface area (Å²) in [5.41, 5.74) is 1.02. The van der Waals surface area contributed by atoms with Gasteiger partial charge in [-0.15, -0.1) is 11.3 Å². The standard InChI is InChI=1S/C15H12BrN3O2S/c1-17-14(20)13-10-4-2-3-5-11(10)15(21)19(18-13)7-9-6-12(16)22-8-9/h2-6,8H,7H2,1H3,(H,17,20). The van der Waals surface area contributed by atoms with Crippen molar-refractivity contribution in [2.24, 2.45) is 0 Å². The highest BCUT2D eigenvalue weighted by Crippen LogP contribution is 2.21. The molecule has 0 aliphatic carbocycles. The average molecular weight is 378 g/mol. The number of amides is 1. The molecule has 0 aliphatic rings. The first kappa shape index (κ1) is 14.9. The molecule has 2 heterocycles. The van der Waals surface area contributed by atoms with Crippen molar-refractivity contribution in [1.82, 2.24) is 15.1 Å². The Kier molecular flexibility index (Phi) is 4.08. The molecule has 0 fully saturated rings. The van der Waals surface area contributed by atoms with Crippen LogP contribution in [0, 0.1) is 0 Å². The van der Waals surface area contributed by atoms with Crippen LogP contribution in [-0.4, -0.2) is 22.7 Å². The number of hydrogen-bond donors (Lipinski definition) is 1. The highest BCUT2D eigenvalue weighted by molar-refractivity contribution is 9.11. The molecule has 7 heteroatoms. The quantitative estimate of drug-likeness (QED) is 0.762. The van der Waals surface area contributed by atoms with Crippen molar-refractivity contribution in [3.8, 4) is 0 Å². The summed E-state index contributed by atoms with van der Waals surface area (Å²) in [7, 11) is 1.55. The second-order valence-electron chi connectivity index (χ2n) is 4.70. The largest absolute Gasteiger partial charge is 0.354 e. The van der Waals surface area contributed by atoms with Gasteiger partial charge in [-0.1, -0.05) is 18.2 Å². The van der Waals surface area contributed by atoms with Crippen molar-refractivity contribution in [2.75, 3.05) is 7.05 Å². The molecule has 0 radical (unpaired) electrons. The maximum atomic E-state index is 12.6. The van der Waals surface area contributed by atoms with E-state index in [1.807, 2.05) is 11.4 Å². The Balaban J connectivity index is 2.20. The van der Waals surface area contributed by atoms with E-state index in [4.69, 9.17) is 0 Å². The fourth-order valence-corrected chi connectivity index (χ4v) is 3.43. The molecular formula is C15H12BrN3O2S. The van der Waals surface area contributed by atoms with Gasteiger partial charge in [0.1, 0.15) is 0 Å². The van der Waals surface area contributed by atoms with Gasteiger partial charge in [-0.25, -0.2) is 4.68 Å². The smallest absolute Gasteiger partial charge is 0.274 e. The second kappa shape index (κ2) is 6.02. The van der Waals surface area contributed by atoms with Crippen LogP contribution < -0.4 is 10.9 Å². The molecule has 0 saturated heterocycles. The molecular weight excluding hydrogens is 366 g/mol. The van der Waals surface area contributed by atoms with Gasteiger partial charge in [-0.05, 0) is 39.0 Å². The van der Waals surface area contributed by atoms with E-state index in [9.17, 15) is 9.59 Å². The highest BCUT2D eigenvalue weighted by Gasteiger charge is 2.15. The summed E-state index contributed by atoms with van der Waals surface area (Å²) in [5.74, 6) is -0.309. The molecule has 0 bridgehead atoms. The number of carbonyl (C=O) groups excluding carboxylic acids is 1. The molecule has 0 saturated carbocycles. The van der Waals surface area contributed by atoms with E-state index in [1.165, 1.54) is 4.68 Å². The van der Waals surface area contributed by atoms with Gasteiger partial charge in [0.2, 0.25) is 0 Å². The number of rotatable bonds is 3. The third-order valence-corrected chi connectivity index (χ3v) is 4.82. The molecule has 0 unspecified atom stereocenters. The first-order valence-corrected chi connectivity index (χ1v) is 8.22. The average Bonchev–Trinajstić information content (AvgIpc) is 2.94. The van der Waals surface area contributed by atoms with Gasteiger partial charge in [-0.2, -0.15) is 5.10 Å². The van der Waals surface area contributed by atoms with Crippen molar-refractivity contribution < 1.29 is 4.79 Å². The van der Waals surface area contributed by atoms with E-state index in [1.54, 1.807) is 42.6 Å². The Labute approximate surface area is 138 Å². The van der Waals surface area contributed by atoms with Crippen LogP contribution >= 0.6 is 27.3 Å². The van der Waals surface area contributed by atoms with Crippen molar-refractivity contribution in [2.45, 2.75) is 6.54 Å². The lowest BCUT2D eigenvalue weighted by atomic mass is 10.1. The Morgan fingerprint density at radius 1 is 1.36 bits per heavy atom. The van der Waals surface area contributed by atoms with Crippen LogP contribution in [0.5, 0.6) is 0 Å². The molecule has 1 aromatic carbocycles. The zero-order chi connectivity index (χ0) is 15.7. The van der Waals surface area contributed by atoms with E-state index >= 15 is 0 Å². The number of aromatic nitrogens is 2. The fourth-order valence-electron chi connectivity index (χ4n) is 2.23. The number of benzene rings is 1. The summed E-state index contributed by atoms with van der Waals surface area (Å²) >= 11 is 4.94. The minimum atomic E-state index is -0.309. The minimum absolute atomic E-state index is 0.203. The van der Waals surface area contributed by atoms with Gasteiger partial charge in [-0.3, -0.25) is 9.59 Å².